The molecule has 4 nitrogen and oxygen atoms in total. The van der Waals surface area contributed by atoms with Gasteiger partial charge in [0.25, 0.3) is 0 Å². The van der Waals surface area contributed by atoms with Crippen molar-refractivity contribution < 1.29 is 26.3 Å². The first-order chi connectivity index (χ1) is 13.2. The molecule has 1 heterocycles. The lowest BCUT2D eigenvalue weighted by Crippen LogP contribution is -3.00. The van der Waals surface area contributed by atoms with Crippen molar-refractivity contribution in [3.63, 3.8) is 0 Å². The highest BCUT2D eigenvalue weighted by atomic mass is 35.5. The highest BCUT2D eigenvalue weighted by Gasteiger charge is 2.12. The van der Waals surface area contributed by atoms with Crippen LogP contribution in [0, 0.1) is 5.82 Å². The van der Waals surface area contributed by atoms with Crippen LogP contribution in [0.2, 0.25) is 5.02 Å². The third kappa shape index (κ3) is 6.09. The highest BCUT2D eigenvalue weighted by Crippen LogP contribution is 2.37. The minimum Gasteiger partial charge on any atom is -1.00 e. The Kier molecular flexibility index (Phi) is 8.51. The maximum atomic E-state index is 13.0. The third-order valence-corrected chi connectivity index (χ3v) is 4.25. The molecule has 0 aliphatic rings. The zero-order valence-corrected chi connectivity index (χ0v) is 16.8. The molecule has 0 aliphatic heterocycles. The Morgan fingerprint density at radius 1 is 1.04 bits per heavy atom. The monoisotopic (exact) mass is 421 g/mol. The first-order valence-electron chi connectivity index (χ1n) is 8.49. The van der Waals surface area contributed by atoms with Gasteiger partial charge in [0.05, 0.1) is 12.1 Å². The second-order valence-electron chi connectivity index (χ2n) is 5.99. The number of methoxy groups -OCH3 is 1. The SMILES string of the molecule is COc1cc(CNCc2cccnc2)cc(Cl)c1OCc1ccc(F)cc1.[Cl-]. The number of hydrogen-bond donors (Lipinski definition) is 1. The van der Waals surface area contributed by atoms with E-state index in [1.807, 2.05) is 30.5 Å². The van der Waals surface area contributed by atoms with Gasteiger partial charge >= 0.3 is 0 Å². The van der Waals surface area contributed by atoms with Gasteiger partial charge in [-0.15, -0.1) is 0 Å². The fourth-order valence-corrected chi connectivity index (χ4v) is 2.89. The van der Waals surface area contributed by atoms with Crippen LogP contribution in [0.25, 0.3) is 0 Å². The van der Waals surface area contributed by atoms with Crippen LogP contribution >= 0.6 is 11.6 Å². The Morgan fingerprint density at radius 2 is 1.79 bits per heavy atom. The lowest BCUT2D eigenvalue weighted by molar-refractivity contribution is -0.00000661. The molecular formula is C21H20Cl2FN2O2-. The van der Waals surface area contributed by atoms with Gasteiger partial charge in [-0.1, -0.05) is 29.8 Å². The molecule has 3 aromatic rings. The summed E-state index contributed by atoms with van der Waals surface area (Å²) in [4.78, 5) is 4.10. The van der Waals surface area contributed by atoms with Crippen molar-refractivity contribution in [1.82, 2.24) is 10.3 Å². The van der Waals surface area contributed by atoms with Gasteiger partial charge in [-0.3, -0.25) is 4.98 Å². The summed E-state index contributed by atoms with van der Waals surface area (Å²) in [6.07, 6.45) is 3.58. The van der Waals surface area contributed by atoms with E-state index in [0.717, 1.165) is 16.7 Å². The molecule has 3 rings (SSSR count). The molecule has 0 bridgehead atoms. The van der Waals surface area contributed by atoms with Crippen molar-refractivity contribution in [2.45, 2.75) is 19.7 Å². The average Bonchev–Trinajstić information content (AvgIpc) is 2.69. The standard InChI is InChI=1S/C21H20ClFN2O2.ClH/c1-26-20-10-17(13-25-12-16-3-2-8-24-11-16)9-19(22)21(20)27-14-15-4-6-18(23)7-5-15;/h2-11,25H,12-14H2,1H3;1H/p-1. The highest BCUT2D eigenvalue weighted by molar-refractivity contribution is 6.32. The van der Waals surface area contributed by atoms with Crippen LogP contribution in [0.5, 0.6) is 11.5 Å². The van der Waals surface area contributed by atoms with Gasteiger partial charge in [0.15, 0.2) is 11.5 Å². The van der Waals surface area contributed by atoms with Crippen molar-refractivity contribution in [3.05, 3.63) is 88.5 Å². The zero-order chi connectivity index (χ0) is 19.1. The summed E-state index contributed by atoms with van der Waals surface area (Å²) < 4.78 is 24.2. The van der Waals surface area contributed by atoms with Gasteiger partial charge in [0.1, 0.15) is 12.4 Å². The fourth-order valence-electron chi connectivity index (χ4n) is 2.61. The molecule has 0 fully saturated rings. The maximum absolute atomic E-state index is 13.0. The molecule has 0 radical (unpaired) electrons. The molecule has 1 aromatic heterocycles. The van der Waals surface area contributed by atoms with Gasteiger partial charge in [-0.2, -0.15) is 0 Å². The Balaban J connectivity index is 0.00000280. The van der Waals surface area contributed by atoms with E-state index in [1.54, 1.807) is 25.4 Å². The number of aromatic nitrogens is 1. The molecule has 1 N–H and O–H groups in total. The minimum absolute atomic E-state index is 0. The second kappa shape index (κ2) is 10.9. The molecule has 0 unspecified atom stereocenters. The van der Waals surface area contributed by atoms with Crippen LogP contribution in [-0.4, -0.2) is 12.1 Å². The van der Waals surface area contributed by atoms with Gasteiger partial charge in [0, 0.05) is 25.5 Å². The van der Waals surface area contributed by atoms with Crippen molar-refractivity contribution in [2.24, 2.45) is 0 Å². The molecule has 0 saturated heterocycles. The van der Waals surface area contributed by atoms with E-state index in [0.29, 0.717) is 29.6 Å². The Labute approximate surface area is 175 Å². The van der Waals surface area contributed by atoms with E-state index < -0.39 is 0 Å². The molecule has 28 heavy (non-hydrogen) atoms. The Bertz CT molecular complexity index is 878. The fraction of sp³-hybridized carbons (Fsp3) is 0.190. The summed E-state index contributed by atoms with van der Waals surface area (Å²) in [5, 5.41) is 3.82. The first-order valence-corrected chi connectivity index (χ1v) is 8.87. The number of nitrogens with zero attached hydrogens (tertiary/aromatic N) is 1. The normalized spacial score (nSPS) is 10.2. The summed E-state index contributed by atoms with van der Waals surface area (Å²) in [5.41, 5.74) is 2.93. The molecular weight excluding hydrogens is 402 g/mol. The van der Waals surface area contributed by atoms with Crippen LogP contribution in [-0.2, 0) is 19.7 Å². The number of ether oxygens (including phenoxy) is 2. The smallest absolute Gasteiger partial charge is 0.180 e. The van der Waals surface area contributed by atoms with Gasteiger partial charge in [-0.05, 0) is 47.0 Å². The molecule has 2 aromatic carbocycles. The second-order valence-corrected chi connectivity index (χ2v) is 6.40. The summed E-state index contributed by atoms with van der Waals surface area (Å²) in [6.45, 7) is 1.61. The van der Waals surface area contributed by atoms with Crippen LogP contribution in [0.15, 0.2) is 60.9 Å². The van der Waals surface area contributed by atoms with Crippen molar-refractivity contribution in [3.8, 4) is 11.5 Å². The Morgan fingerprint density at radius 3 is 2.46 bits per heavy atom. The van der Waals surface area contributed by atoms with E-state index in [-0.39, 0.29) is 24.8 Å². The molecule has 148 valence electrons. The molecule has 0 saturated carbocycles. The average molecular weight is 422 g/mol. The van der Waals surface area contributed by atoms with Crippen LogP contribution in [0.1, 0.15) is 16.7 Å². The van der Waals surface area contributed by atoms with E-state index in [1.165, 1.54) is 12.1 Å². The topological polar surface area (TPSA) is 43.4 Å². The van der Waals surface area contributed by atoms with E-state index >= 15 is 0 Å². The summed E-state index contributed by atoms with van der Waals surface area (Å²) in [5.74, 6) is 0.750. The number of pyridine rings is 1. The summed E-state index contributed by atoms with van der Waals surface area (Å²) >= 11 is 6.40. The lowest BCUT2D eigenvalue weighted by Gasteiger charge is -2.15. The van der Waals surface area contributed by atoms with Gasteiger partial charge in [0.2, 0.25) is 0 Å². The van der Waals surface area contributed by atoms with Crippen molar-refractivity contribution >= 4 is 11.6 Å². The molecule has 0 spiro atoms. The first kappa shape index (κ1) is 22.0. The molecule has 0 atom stereocenters. The lowest BCUT2D eigenvalue weighted by atomic mass is 10.2. The van der Waals surface area contributed by atoms with Crippen LogP contribution < -0.4 is 27.2 Å². The summed E-state index contributed by atoms with van der Waals surface area (Å²) in [7, 11) is 1.57. The predicted octanol–water partition coefficient (Wildman–Crippen LogP) is 1.76. The quantitative estimate of drug-likeness (QED) is 0.601. The zero-order valence-electron chi connectivity index (χ0n) is 15.3. The van der Waals surface area contributed by atoms with E-state index in [9.17, 15) is 4.39 Å². The van der Waals surface area contributed by atoms with Crippen LogP contribution in [0.3, 0.4) is 0 Å². The molecule has 7 heteroatoms. The maximum Gasteiger partial charge on any atom is 0.180 e. The van der Waals surface area contributed by atoms with E-state index in [4.69, 9.17) is 21.1 Å². The Hall–Kier alpha value is -2.34. The molecule has 0 amide bonds. The summed E-state index contributed by atoms with van der Waals surface area (Å²) in [6, 6.07) is 13.8. The predicted molar refractivity (Wildman–Crippen MR) is 104 cm³/mol. The van der Waals surface area contributed by atoms with Gasteiger partial charge in [-0.25, -0.2) is 4.39 Å². The number of rotatable bonds is 8. The van der Waals surface area contributed by atoms with Gasteiger partial charge < -0.3 is 27.2 Å². The van der Waals surface area contributed by atoms with E-state index in [2.05, 4.69) is 10.3 Å². The number of hydrogen-bond acceptors (Lipinski definition) is 4. The molecule has 0 aliphatic carbocycles. The van der Waals surface area contributed by atoms with Crippen molar-refractivity contribution in [1.29, 1.82) is 0 Å². The number of halogens is 3. The van der Waals surface area contributed by atoms with Crippen LogP contribution in [0.4, 0.5) is 4.39 Å². The third-order valence-electron chi connectivity index (χ3n) is 3.97. The number of nitrogens with one attached hydrogen (secondary N) is 1. The number of benzene rings is 2. The van der Waals surface area contributed by atoms with Crippen molar-refractivity contribution in [2.75, 3.05) is 7.11 Å². The largest absolute Gasteiger partial charge is 1.00 e. The minimum atomic E-state index is -0.280.